The smallest absolute Gasteiger partial charge is 0.318 e. The van der Waals surface area contributed by atoms with Crippen LogP contribution in [0.3, 0.4) is 0 Å². The second-order valence-corrected chi connectivity index (χ2v) is 7.27. The summed E-state index contributed by atoms with van der Waals surface area (Å²) >= 11 is 0. The molecule has 0 aliphatic rings. The third-order valence-electron chi connectivity index (χ3n) is 3.34. The fourth-order valence-electron chi connectivity index (χ4n) is 2.12. The molecule has 0 saturated carbocycles. The summed E-state index contributed by atoms with van der Waals surface area (Å²) in [4.78, 5) is 16.2. The minimum Gasteiger partial charge on any atom is -0.318 e. The van der Waals surface area contributed by atoms with Gasteiger partial charge in [-0.25, -0.2) is 22.9 Å². The number of rotatable bonds is 4. The number of aryl methyl sites for hydroxylation is 1. The molecular weight excluding hydrogens is 316 g/mol. The van der Waals surface area contributed by atoms with Gasteiger partial charge in [-0.1, -0.05) is 31.5 Å². The number of urea groups is 1. The van der Waals surface area contributed by atoms with Gasteiger partial charge in [0.2, 0.25) is 0 Å². The molecule has 2 rings (SSSR count). The summed E-state index contributed by atoms with van der Waals surface area (Å²) < 4.78 is 28.0. The number of hydrogen-bond acceptors (Lipinski definition) is 4. The Kier molecular flexibility index (Phi) is 4.74. The molecule has 23 heavy (non-hydrogen) atoms. The van der Waals surface area contributed by atoms with Crippen LogP contribution >= 0.6 is 0 Å². The molecule has 0 aliphatic carbocycles. The fourth-order valence-corrected chi connectivity index (χ4v) is 3.02. The van der Waals surface area contributed by atoms with Crippen molar-refractivity contribution in [2.24, 2.45) is 7.05 Å². The van der Waals surface area contributed by atoms with Crippen molar-refractivity contribution in [2.75, 3.05) is 5.32 Å². The Morgan fingerprint density at radius 3 is 2.35 bits per heavy atom. The van der Waals surface area contributed by atoms with Crippen LogP contribution in [0.25, 0.3) is 0 Å². The molecule has 8 heteroatoms. The molecule has 0 atom stereocenters. The molecule has 2 N–H and O–H groups in total. The number of imidazole rings is 1. The first-order valence-corrected chi connectivity index (χ1v) is 8.61. The van der Waals surface area contributed by atoms with E-state index in [2.05, 4.69) is 10.3 Å². The van der Waals surface area contributed by atoms with Crippen molar-refractivity contribution in [2.45, 2.75) is 31.6 Å². The van der Waals surface area contributed by atoms with Gasteiger partial charge in [-0.2, -0.15) is 0 Å². The van der Waals surface area contributed by atoms with E-state index in [0.29, 0.717) is 5.82 Å². The van der Waals surface area contributed by atoms with Crippen molar-refractivity contribution in [1.29, 1.82) is 0 Å². The van der Waals surface area contributed by atoms with Crippen LogP contribution in [0.5, 0.6) is 0 Å². The van der Waals surface area contributed by atoms with Gasteiger partial charge in [-0.05, 0) is 19.1 Å². The first-order valence-electron chi connectivity index (χ1n) is 7.13. The van der Waals surface area contributed by atoms with Gasteiger partial charge in [-0.3, -0.25) is 5.32 Å². The summed E-state index contributed by atoms with van der Waals surface area (Å²) in [7, 11) is -2.15. The number of benzene rings is 1. The predicted molar refractivity (Wildman–Crippen MR) is 87.8 cm³/mol. The highest BCUT2D eigenvalue weighted by Crippen LogP contribution is 2.17. The van der Waals surface area contributed by atoms with Crippen molar-refractivity contribution in [3.8, 4) is 0 Å². The van der Waals surface area contributed by atoms with Crippen LogP contribution in [0.2, 0.25) is 0 Å². The average Bonchev–Trinajstić information content (AvgIpc) is 2.80. The van der Waals surface area contributed by atoms with Gasteiger partial charge in [0.1, 0.15) is 11.6 Å². The molecule has 1 aromatic heterocycles. The van der Waals surface area contributed by atoms with Crippen molar-refractivity contribution in [1.82, 2.24) is 14.3 Å². The molecule has 0 bridgehead atoms. The molecule has 0 saturated heterocycles. The normalized spacial score (nSPS) is 11.5. The Morgan fingerprint density at radius 2 is 1.83 bits per heavy atom. The molecule has 0 unspecified atom stereocenters. The van der Waals surface area contributed by atoms with Gasteiger partial charge in [0.25, 0.3) is 10.0 Å². The molecule has 2 aromatic rings. The van der Waals surface area contributed by atoms with E-state index >= 15 is 0 Å². The monoisotopic (exact) mass is 336 g/mol. The second kappa shape index (κ2) is 6.41. The van der Waals surface area contributed by atoms with Crippen LogP contribution in [-0.4, -0.2) is 24.0 Å². The topological polar surface area (TPSA) is 93.1 Å². The minimum atomic E-state index is -3.91. The maximum absolute atomic E-state index is 12.1. The average molecular weight is 336 g/mol. The fraction of sp³-hybridized carbons (Fsp3) is 0.333. The van der Waals surface area contributed by atoms with Gasteiger partial charge < -0.3 is 4.57 Å². The van der Waals surface area contributed by atoms with Crippen LogP contribution in [0.15, 0.2) is 35.4 Å². The van der Waals surface area contributed by atoms with Gasteiger partial charge in [0, 0.05) is 13.0 Å². The van der Waals surface area contributed by atoms with Crippen LogP contribution < -0.4 is 10.0 Å². The van der Waals surface area contributed by atoms with E-state index < -0.39 is 16.1 Å². The highest BCUT2D eigenvalue weighted by molar-refractivity contribution is 7.90. The maximum Gasteiger partial charge on any atom is 0.334 e. The third-order valence-corrected chi connectivity index (χ3v) is 4.69. The molecule has 124 valence electrons. The number of amides is 2. The van der Waals surface area contributed by atoms with Crippen LogP contribution in [0.4, 0.5) is 10.6 Å². The summed E-state index contributed by atoms with van der Waals surface area (Å²) in [6.45, 7) is 5.81. The lowest BCUT2D eigenvalue weighted by Crippen LogP contribution is -2.34. The highest BCUT2D eigenvalue weighted by Gasteiger charge is 2.19. The van der Waals surface area contributed by atoms with Crippen molar-refractivity contribution in [3.05, 3.63) is 41.9 Å². The summed E-state index contributed by atoms with van der Waals surface area (Å²) in [5.41, 5.74) is 0.935. The summed E-state index contributed by atoms with van der Waals surface area (Å²) in [5.74, 6) is 1.40. The van der Waals surface area contributed by atoms with Gasteiger partial charge in [0.05, 0.1) is 11.1 Å². The van der Waals surface area contributed by atoms with Crippen LogP contribution in [0.1, 0.15) is 31.2 Å². The number of aromatic nitrogens is 2. The molecule has 7 nitrogen and oxygen atoms in total. The zero-order chi connectivity index (χ0) is 17.2. The Labute approximate surface area is 135 Å². The van der Waals surface area contributed by atoms with E-state index in [1.54, 1.807) is 23.7 Å². The lowest BCUT2D eigenvalue weighted by Gasteiger charge is -2.11. The largest absolute Gasteiger partial charge is 0.334 e. The van der Waals surface area contributed by atoms with Gasteiger partial charge in [-0.15, -0.1) is 0 Å². The van der Waals surface area contributed by atoms with Gasteiger partial charge >= 0.3 is 6.03 Å². The summed E-state index contributed by atoms with van der Waals surface area (Å²) in [6.07, 6.45) is 1.49. The minimum absolute atomic E-state index is 0.0334. The number of hydrogen-bond donors (Lipinski definition) is 2. The Hall–Kier alpha value is -2.35. The number of anilines is 1. The van der Waals surface area contributed by atoms with Gasteiger partial charge in [0.15, 0.2) is 0 Å². The quantitative estimate of drug-likeness (QED) is 0.896. The standard InChI is InChI=1S/C15H20N4O3S/c1-10(2)14-16-9-13(19(14)4)17-15(20)18-23(21,22)12-7-5-11(3)6-8-12/h5-10H,1-4H3,(H2,17,18,20). The molecular formula is C15H20N4O3S. The maximum atomic E-state index is 12.1. The Bertz CT molecular complexity index is 808. The first-order chi connectivity index (χ1) is 10.7. The number of carbonyl (C=O) groups excluding carboxylic acids is 1. The summed E-state index contributed by atoms with van der Waals surface area (Å²) in [5, 5.41) is 2.49. The molecule has 0 radical (unpaired) electrons. The van der Waals surface area contributed by atoms with E-state index in [1.807, 2.05) is 25.5 Å². The molecule has 0 spiro atoms. The third kappa shape index (κ3) is 3.89. The molecule has 1 aromatic carbocycles. The zero-order valence-corrected chi connectivity index (χ0v) is 14.3. The van der Waals surface area contributed by atoms with Crippen molar-refractivity contribution in [3.63, 3.8) is 0 Å². The van der Waals surface area contributed by atoms with Crippen molar-refractivity contribution < 1.29 is 13.2 Å². The summed E-state index contributed by atoms with van der Waals surface area (Å²) in [6, 6.07) is 5.41. The highest BCUT2D eigenvalue weighted by atomic mass is 32.2. The molecule has 0 aliphatic heterocycles. The predicted octanol–water partition coefficient (Wildman–Crippen LogP) is 2.36. The van der Waals surface area contributed by atoms with E-state index in [1.165, 1.54) is 18.3 Å². The lowest BCUT2D eigenvalue weighted by atomic mass is 10.2. The zero-order valence-electron chi connectivity index (χ0n) is 13.5. The second-order valence-electron chi connectivity index (χ2n) is 5.59. The van der Waals surface area contributed by atoms with E-state index in [-0.39, 0.29) is 10.8 Å². The Balaban J connectivity index is 2.11. The van der Waals surface area contributed by atoms with Crippen LogP contribution in [-0.2, 0) is 17.1 Å². The molecule has 1 heterocycles. The van der Waals surface area contributed by atoms with E-state index in [4.69, 9.17) is 0 Å². The molecule has 0 fully saturated rings. The van der Waals surface area contributed by atoms with E-state index in [9.17, 15) is 13.2 Å². The Morgan fingerprint density at radius 1 is 1.22 bits per heavy atom. The number of nitrogens with zero attached hydrogens (tertiary/aromatic N) is 2. The van der Waals surface area contributed by atoms with Crippen LogP contribution in [0, 0.1) is 6.92 Å². The van der Waals surface area contributed by atoms with E-state index in [0.717, 1.165) is 11.4 Å². The lowest BCUT2D eigenvalue weighted by molar-refractivity contribution is 0.256. The first kappa shape index (κ1) is 17.0. The van der Waals surface area contributed by atoms with Crippen molar-refractivity contribution >= 4 is 21.9 Å². The molecule has 2 amide bonds. The SMILES string of the molecule is Cc1ccc(S(=O)(=O)NC(=O)Nc2cnc(C(C)C)n2C)cc1. The number of nitrogens with one attached hydrogen (secondary N) is 2. The number of sulfonamides is 1. The number of carbonyl (C=O) groups is 1.